The quantitative estimate of drug-likeness (QED) is 0.614. The van der Waals surface area contributed by atoms with Crippen molar-refractivity contribution in [1.29, 1.82) is 0 Å². The van der Waals surface area contributed by atoms with Crippen LogP contribution in [0.15, 0.2) is 42.6 Å². The first kappa shape index (κ1) is 13.3. The highest BCUT2D eigenvalue weighted by molar-refractivity contribution is 5.35. The summed E-state index contributed by atoms with van der Waals surface area (Å²) in [7, 11) is 1.65. The fourth-order valence-electron chi connectivity index (χ4n) is 1.65. The summed E-state index contributed by atoms with van der Waals surface area (Å²) >= 11 is 0. The summed E-state index contributed by atoms with van der Waals surface area (Å²) in [5, 5.41) is 0. The molecule has 0 atom stereocenters. The Balaban J connectivity index is 1.85. The SMILES string of the molecule is COc1ccc(COCc2ccnc(NN)c2)cc1. The van der Waals surface area contributed by atoms with Gasteiger partial charge in [0.05, 0.1) is 20.3 Å². The molecule has 0 bridgehead atoms. The molecule has 2 rings (SSSR count). The zero-order valence-corrected chi connectivity index (χ0v) is 10.8. The lowest BCUT2D eigenvalue weighted by Crippen LogP contribution is -2.08. The molecule has 5 heteroatoms. The predicted octanol–water partition coefficient (Wildman–Crippen LogP) is 2.09. The molecule has 0 radical (unpaired) electrons. The first-order chi connectivity index (χ1) is 9.31. The zero-order chi connectivity index (χ0) is 13.5. The number of hydrazine groups is 1. The third-order valence-electron chi connectivity index (χ3n) is 2.67. The van der Waals surface area contributed by atoms with E-state index in [0.717, 1.165) is 16.9 Å². The second-order valence-electron chi connectivity index (χ2n) is 4.03. The van der Waals surface area contributed by atoms with Crippen molar-refractivity contribution in [3.05, 3.63) is 53.7 Å². The number of aromatic nitrogens is 1. The van der Waals surface area contributed by atoms with Crippen molar-refractivity contribution in [2.75, 3.05) is 12.5 Å². The first-order valence-corrected chi connectivity index (χ1v) is 5.94. The van der Waals surface area contributed by atoms with E-state index in [1.165, 1.54) is 0 Å². The highest BCUT2D eigenvalue weighted by Gasteiger charge is 1.98. The van der Waals surface area contributed by atoms with Gasteiger partial charge in [-0.25, -0.2) is 10.8 Å². The molecule has 5 nitrogen and oxygen atoms in total. The summed E-state index contributed by atoms with van der Waals surface area (Å²) in [6, 6.07) is 11.6. The summed E-state index contributed by atoms with van der Waals surface area (Å²) in [5.41, 5.74) is 4.64. The van der Waals surface area contributed by atoms with Gasteiger partial charge in [0.1, 0.15) is 11.6 Å². The maximum Gasteiger partial charge on any atom is 0.140 e. The van der Waals surface area contributed by atoms with Crippen molar-refractivity contribution in [2.45, 2.75) is 13.2 Å². The van der Waals surface area contributed by atoms with E-state index in [-0.39, 0.29) is 0 Å². The topological polar surface area (TPSA) is 69.4 Å². The number of nitrogen functional groups attached to an aromatic ring is 1. The van der Waals surface area contributed by atoms with Crippen LogP contribution in [0.1, 0.15) is 11.1 Å². The fourth-order valence-corrected chi connectivity index (χ4v) is 1.65. The molecular weight excluding hydrogens is 242 g/mol. The number of rotatable bonds is 6. The predicted molar refractivity (Wildman–Crippen MR) is 73.5 cm³/mol. The molecule has 1 heterocycles. The summed E-state index contributed by atoms with van der Waals surface area (Å²) in [5.74, 6) is 6.77. The number of pyridine rings is 1. The van der Waals surface area contributed by atoms with Gasteiger partial charge < -0.3 is 14.9 Å². The van der Waals surface area contributed by atoms with Crippen molar-refractivity contribution in [1.82, 2.24) is 4.98 Å². The van der Waals surface area contributed by atoms with E-state index < -0.39 is 0 Å². The highest BCUT2D eigenvalue weighted by atomic mass is 16.5. The van der Waals surface area contributed by atoms with E-state index in [1.54, 1.807) is 13.3 Å². The molecule has 0 fully saturated rings. The van der Waals surface area contributed by atoms with E-state index in [2.05, 4.69) is 10.4 Å². The van der Waals surface area contributed by atoms with Crippen LogP contribution in [0.25, 0.3) is 0 Å². The number of nitrogens with one attached hydrogen (secondary N) is 1. The van der Waals surface area contributed by atoms with E-state index >= 15 is 0 Å². The largest absolute Gasteiger partial charge is 0.497 e. The Bertz CT molecular complexity index is 514. The van der Waals surface area contributed by atoms with Gasteiger partial charge in [0.2, 0.25) is 0 Å². The van der Waals surface area contributed by atoms with Gasteiger partial charge in [0.25, 0.3) is 0 Å². The molecule has 0 saturated heterocycles. The Labute approximate surface area is 112 Å². The van der Waals surface area contributed by atoms with Gasteiger partial charge in [-0.1, -0.05) is 12.1 Å². The molecule has 3 N–H and O–H groups in total. The standard InChI is InChI=1S/C14H17N3O2/c1-18-13-4-2-11(3-5-13)9-19-10-12-6-7-16-14(8-12)17-15/h2-8H,9-10,15H2,1H3,(H,16,17). The summed E-state index contributed by atoms with van der Waals surface area (Å²) in [6.45, 7) is 1.07. The van der Waals surface area contributed by atoms with Crippen LogP contribution in [-0.2, 0) is 18.0 Å². The molecule has 1 aromatic carbocycles. The van der Waals surface area contributed by atoms with Crippen LogP contribution < -0.4 is 16.0 Å². The summed E-state index contributed by atoms with van der Waals surface area (Å²) in [6.07, 6.45) is 1.70. The number of anilines is 1. The molecule has 0 aliphatic carbocycles. The molecule has 100 valence electrons. The van der Waals surface area contributed by atoms with Gasteiger partial charge in [0.15, 0.2) is 0 Å². The average Bonchev–Trinajstić information content (AvgIpc) is 2.48. The number of ether oxygens (including phenoxy) is 2. The number of nitrogens with zero attached hydrogens (tertiary/aromatic N) is 1. The molecule has 0 saturated carbocycles. The van der Waals surface area contributed by atoms with Crippen LogP contribution in [0, 0.1) is 0 Å². The normalized spacial score (nSPS) is 10.2. The molecule has 2 aromatic rings. The molecule has 0 aliphatic heterocycles. The molecule has 0 unspecified atom stereocenters. The van der Waals surface area contributed by atoms with E-state index in [9.17, 15) is 0 Å². The maximum atomic E-state index is 5.64. The molecule has 0 amide bonds. The van der Waals surface area contributed by atoms with Crippen LogP contribution in [0.2, 0.25) is 0 Å². The Morgan fingerprint density at radius 3 is 2.53 bits per heavy atom. The lowest BCUT2D eigenvalue weighted by molar-refractivity contribution is 0.107. The molecule has 0 spiro atoms. The van der Waals surface area contributed by atoms with Gasteiger partial charge in [0, 0.05) is 6.20 Å². The second kappa shape index (κ2) is 6.72. The van der Waals surface area contributed by atoms with Crippen LogP contribution >= 0.6 is 0 Å². The smallest absolute Gasteiger partial charge is 0.140 e. The maximum absolute atomic E-state index is 5.64. The third kappa shape index (κ3) is 3.94. The number of benzene rings is 1. The third-order valence-corrected chi connectivity index (χ3v) is 2.67. The Kier molecular flexibility index (Phi) is 4.72. The summed E-state index contributed by atoms with van der Waals surface area (Å²) < 4.78 is 10.7. The Hall–Kier alpha value is -2.11. The minimum atomic E-state index is 0.517. The van der Waals surface area contributed by atoms with Crippen molar-refractivity contribution in [3.63, 3.8) is 0 Å². The molecule has 0 aliphatic rings. The van der Waals surface area contributed by atoms with Crippen LogP contribution in [0.4, 0.5) is 5.82 Å². The molecular formula is C14H17N3O2. The zero-order valence-electron chi connectivity index (χ0n) is 10.8. The average molecular weight is 259 g/mol. The molecule has 19 heavy (non-hydrogen) atoms. The van der Waals surface area contributed by atoms with Gasteiger partial charge in [-0.15, -0.1) is 0 Å². The number of hydrogen-bond donors (Lipinski definition) is 2. The summed E-state index contributed by atoms with van der Waals surface area (Å²) in [4.78, 5) is 4.04. The van der Waals surface area contributed by atoms with Crippen LogP contribution in [-0.4, -0.2) is 12.1 Å². The first-order valence-electron chi connectivity index (χ1n) is 5.94. The van der Waals surface area contributed by atoms with E-state index in [4.69, 9.17) is 15.3 Å². The number of methoxy groups -OCH3 is 1. The van der Waals surface area contributed by atoms with Crippen molar-refractivity contribution in [2.24, 2.45) is 5.84 Å². The van der Waals surface area contributed by atoms with Gasteiger partial charge in [-0.2, -0.15) is 0 Å². The monoisotopic (exact) mass is 259 g/mol. The minimum Gasteiger partial charge on any atom is -0.497 e. The van der Waals surface area contributed by atoms with Gasteiger partial charge in [-0.3, -0.25) is 0 Å². The van der Waals surface area contributed by atoms with Gasteiger partial charge in [-0.05, 0) is 35.4 Å². The van der Waals surface area contributed by atoms with E-state index in [1.807, 2.05) is 36.4 Å². The molecule has 1 aromatic heterocycles. The van der Waals surface area contributed by atoms with Crippen molar-refractivity contribution < 1.29 is 9.47 Å². The highest BCUT2D eigenvalue weighted by Crippen LogP contribution is 2.13. The van der Waals surface area contributed by atoms with Gasteiger partial charge >= 0.3 is 0 Å². The minimum absolute atomic E-state index is 0.517. The lowest BCUT2D eigenvalue weighted by Gasteiger charge is -2.06. The lowest BCUT2D eigenvalue weighted by atomic mass is 10.2. The van der Waals surface area contributed by atoms with Crippen LogP contribution in [0.5, 0.6) is 5.75 Å². The van der Waals surface area contributed by atoms with Crippen molar-refractivity contribution in [3.8, 4) is 5.75 Å². The second-order valence-corrected chi connectivity index (χ2v) is 4.03. The number of hydrogen-bond acceptors (Lipinski definition) is 5. The van der Waals surface area contributed by atoms with Crippen LogP contribution in [0.3, 0.4) is 0 Å². The fraction of sp³-hybridized carbons (Fsp3) is 0.214. The Morgan fingerprint density at radius 1 is 1.11 bits per heavy atom. The van der Waals surface area contributed by atoms with E-state index in [0.29, 0.717) is 19.0 Å². The Morgan fingerprint density at radius 2 is 1.84 bits per heavy atom. The number of nitrogens with two attached hydrogens (primary N) is 1. The van der Waals surface area contributed by atoms with Crippen molar-refractivity contribution >= 4 is 5.82 Å².